The summed E-state index contributed by atoms with van der Waals surface area (Å²) < 4.78 is 61.0. The first kappa shape index (κ1) is 25.2. The summed E-state index contributed by atoms with van der Waals surface area (Å²) in [5.41, 5.74) is 0.0500. The van der Waals surface area contributed by atoms with Gasteiger partial charge in [0, 0.05) is 11.5 Å². The number of nitrogens with one attached hydrogen (secondary N) is 1. The molecule has 1 N–H and O–H groups in total. The molecule has 2 aromatic rings. The van der Waals surface area contributed by atoms with Crippen molar-refractivity contribution in [2.24, 2.45) is 0 Å². The molecule has 0 saturated heterocycles. The molecule has 0 saturated carbocycles. The van der Waals surface area contributed by atoms with Crippen LogP contribution < -0.4 is 14.2 Å². The van der Waals surface area contributed by atoms with Crippen LogP contribution in [0.4, 0.5) is 5.13 Å². The number of benzene rings is 1. The van der Waals surface area contributed by atoms with E-state index in [4.69, 9.17) is 8.92 Å². The van der Waals surface area contributed by atoms with Crippen LogP contribution >= 0.6 is 11.5 Å². The van der Waals surface area contributed by atoms with Crippen molar-refractivity contribution in [3.8, 4) is 17.6 Å². The van der Waals surface area contributed by atoms with E-state index in [1.807, 2.05) is 0 Å². The number of hydrogen-bond acceptors (Lipinski definition) is 11. The molecule has 0 atom stereocenters. The number of nitriles is 1. The van der Waals surface area contributed by atoms with Gasteiger partial charge in [0.2, 0.25) is 15.0 Å². The van der Waals surface area contributed by atoms with Crippen molar-refractivity contribution in [1.29, 1.82) is 5.26 Å². The maximum Gasteiger partial charge on any atom is 0.306 e. The predicted molar refractivity (Wildman–Crippen MR) is 118 cm³/mol. The van der Waals surface area contributed by atoms with Crippen molar-refractivity contribution in [3.05, 3.63) is 29.3 Å². The third kappa shape index (κ3) is 6.49. The number of aromatic nitrogens is 2. The van der Waals surface area contributed by atoms with Crippen molar-refractivity contribution in [2.75, 3.05) is 18.2 Å². The van der Waals surface area contributed by atoms with Gasteiger partial charge in [-0.15, -0.1) is 0 Å². The molecule has 0 spiro atoms. The van der Waals surface area contributed by atoms with E-state index in [1.54, 1.807) is 13.0 Å². The number of nitrogens with zero attached hydrogens (tertiary/aromatic N) is 3. The minimum absolute atomic E-state index is 0.0396. The quantitative estimate of drug-likeness (QED) is 0.306. The fraction of sp³-hybridized carbons (Fsp3) is 0.333. The summed E-state index contributed by atoms with van der Waals surface area (Å²) in [6.45, 7) is 4.87. The van der Waals surface area contributed by atoms with Gasteiger partial charge >= 0.3 is 10.1 Å². The molecule has 2 rings (SSSR count). The van der Waals surface area contributed by atoms with Crippen LogP contribution in [0.2, 0.25) is 0 Å². The van der Waals surface area contributed by atoms with Crippen LogP contribution in [0.3, 0.4) is 0 Å². The molecule has 1 aromatic carbocycles. The molecular formula is C18H20N4O7S3. The zero-order chi connectivity index (χ0) is 24.1. The third-order valence-corrected chi connectivity index (χ3v) is 6.85. The second-order valence-electron chi connectivity index (χ2n) is 6.53. The monoisotopic (exact) mass is 500 g/mol. The molecule has 14 heteroatoms. The van der Waals surface area contributed by atoms with Crippen LogP contribution in [-0.2, 0) is 24.7 Å². The molecule has 11 nitrogen and oxygen atoms in total. The Kier molecular flexibility index (Phi) is 7.94. The zero-order valence-corrected chi connectivity index (χ0v) is 20.0. The molecular weight excluding hydrogens is 480 g/mol. The van der Waals surface area contributed by atoms with Gasteiger partial charge in [-0.1, -0.05) is 6.07 Å². The van der Waals surface area contributed by atoms with E-state index < -0.39 is 36.3 Å². The van der Waals surface area contributed by atoms with Crippen LogP contribution in [0.5, 0.6) is 11.5 Å². The molecule has 0 fully saturated rings. The molecule has 1 amide bonds. The van der Waals surface area contributed by atoms with E-state index >= 15 is 0 Å². The maximum absolute atomic E-state index is 12.5. The Morgan fingerprint density at radius 2 is 1.97 bits per heavy atom. The van der Waals surface area contributed by atoms with E-state index in [1.165, 1.54) is 38.1 Å². The molecule has 0 aliphatic heterocycles. The Balaban J connectivity index is 2.29. The fourth-order valence-corrected chi connectivity index (χ4v) is 4.34. The molecule has 0 aliphatic rings. The SMILES string of the molecule is CCOc1cc(/C=C(/C#N)C(=O)Nc2nc(S(=O)(=O)C(C)C)ns2)ccc1OS(C)(=O)=O. The summed E-state index contributed by atoms with van der Waals surface area (Å²) in [6.07, 6.45) is 2.13. The lowest BCUT2D eigenvalue weighted by Crippen LogP contribution is -2.16. The lowest BCUT2D eigenvalue weighted by atomic mass is 10.1. The standard InChI is InChI=1S/C18H20N4O7S3/c1-5-28-15-9-12(6-7-14(15)29-31(4,24)25)8-13(10-19)16(23)20-17-21-18(22-30-17)32(26,27)11(2)3/h6-9,11H,5H2,1-4H3,(H,20,21,22,23)/b13-8-. The van der Waals surface area contributed by atoms with Crippen molar-refractivity contribution in [2.45, 2.75) is 31.2 Å². The van der Waals surface area contributed by atoms with E-state index in [0.717, 1.165) is 6.26 Å². The topological polar surface area (TPSA) is 165 Å². The van der Waals surface area contributed by atoms with Crippen LogP contribution in [0.15, 0.2) is 28.9 Å². The minimum Gasteiger partial charge on any atom is -0.490 e. The number of anilines is 1. The highest BCUT2D eigenvalue weighted by Gasteiger charge is 2.25. The first-order valence-electron chi connectivity index (χ1n) is 9.04. The smallest absolute Gasteiger partial charge is 0.306 e. The second kappa shape index (κ2) is 10.1. The average Bonchev–Trinajstić information content (AvgIpc) is 3.16. The molecule has 0 aliphatic carbocycles. The summed E-state index contributed by atoms with van der Waals surface area (Å²) in [6, 6.07) is 5.93. The summed E-state index contributed by atoms with van der Waals surface area (Å²) in [4.78, 5) is 16.3. The van der Waals surface area contributed by atoms with Gasteiger partial charge < -0.3 is 8.92 Å². The van der Waals surface area contributed by atoms with Crippen molar-refractivity contribution in [1.82, 2.24) is 9.36 Å². The number of ether oxygens (including phenoxy) is 1. The van der Waals surface area contributed by atoms with Gasteiger partial charge in [-0.05, 0) is 44.5 Å². The van der Waals surface area contributed by atoms with Crippen LogP contribution in [0.25, 0.3) is 6.08 Å². The highest BCUT2D eigenvalue weighted by atomic mass is 32.2. The molecule has 0 radical (unpaired) electrons. The van der Waals surface area contributed by atoms with Gasteiger partial charge in [-0.25, -0.2) is 8.42 Å². The largest absolute Gasteiger partial charge is 0.490 e. The summed E-state index contributed by atoms with van der Waals surface area (Å²) in [5.74, 6) is -0.759. The molecule has 0 bridgehead atoms. The first-order valence-corrected chi connectivity index (χ1v) is 13.2. The highest BCUT2D eigenvalue weighted by molar-refractivity contribution is 7.91. The van der Waals surface area contributed by atoms with Crippen LogP contribution in [-0.4, -0.2) is 50.2 Å². The number of carbonyl (C=O) groups is 1. The molecule has 0 unspecified atom stereocenters. The van der Waals surface area contributed by atoms with E-state index in [-0.39, 0.29) is 28.8 Å². The van der Waals surface area contributed by atoms with E-state index in [2.05, 4.69) is 14.7 Å². The average molecular weight is 501 g/mol. The van der Waals surface area contributed by atoms with E-state index in [9.17, 15) is 26.9 Å². The van der Waals surface area contributed by atoms with Gasteiger partial charge in [-0.3, -0.25) is 10.1 Å². The number of rotatable bonds is 9. The predicted octanol–water partition coefficient (Wildman–Crippen LogP) is 2.00. The Hall–Kier alpha value is -3.02. The minimum atomic E-state index is -3.79. The summed E-state index contributed by atoms with van der Waals surface area (Å²) in [5, 5.41) is 10.5. The van der Waals surface area contributed by atoms with Crippen LogP contribution in [0, 0.1) is 11.3 Å². The van der Waals surface area contributed by atoms with Gasteiger partial charge in [0.1, 0.15) is 11.6 Å². The van der Waals surface area contributed by atoms with E-state index in [0.29, 0.717) is 17.1 Å². The summed E-state index contributed by atoms with van der Waals surface area (Å²) in [7, 11) is -7.49. The zero-order valence-electron chi connectivity index (χ0n) is 17.5. The Labute approximate surface area is 189 Å². The van der Waals surface area contributed by atoms with Crippen molar-refractivity contribution >= 4 is 48.6 Å². The second-order valence-corrected chi connectivity index (χ2v) is 11.3. The highest BCUT2D eigenvalue weighted by Crippen LogP contribution is 2.30. The maximum atomic E-state index is 12.5. The normalized spacial score (nSPS) is 12.3. The summed E-state index contributed by atoms with van der Waals surface area (Å²) >= 11 is 0.670. The van der Waals surface area contributed by atoms with Gasteiger partial charge in [0.15, 0.2) is 11.5 Å². The van der Waals surface area contributed by atoms with Gasteiger partial charge in [-0.2, -0.15) is 23.0 Å². The van der Waals surface area contributed by atoms with Gasteiger partial charge in [0.05, 0.1) is 18.1 Å². The molecule has 1 heterocycles. The molecule has 1 aromatic heterocycles. The Morgan fingerprint density at radius 3 is 2.53 bits per heavy atom. The van der Waals surface area contributed by atoms with Crippen molar-refractivity contribution < 1.29 is 30.6 Å². The van der Waals surface area contributed by atoms with Crippen molar-refractivity contribution in [3.63, 3.8) is 0 Å². The van der Waals surface area contributed by atoms with Gasteiger partial charge in [0.25, 0.3) is 11.1 Å². The Morgan fingerprint density at radius 1 is 1.28 bits per heavy atom. The lowest BCUT2D eigenvalue weighted by molar-refractivity contribution is -0.112. The number of hydrogen-bond donors (Lipinski definition) is 1. The van der Waals surface area contributed by atoms with Crippen LogP contribution in [0.1, 0.15) is 26.3 Å². The lowest BCUT2D eigenvalue weighted by Gasteiger charge is -2.11. The fourth-order valence-electron chi connectivity index (χ4n) is 2.18. The molecule has 172 valence electrons. The number of amides is 1. The number of carbonyl (C=O) groups excluding carboxylic acids is 1. The molecule has 32 heavy (non-hydrogen) atoms. The number of sulfone groups is 1. The first-order chi connectivity index (χ1) is 14.9. The Bertz CT molecular complexity index is 1290. The third-order valence-electron chi connectivity index (χ3n) is 3.69.